The van der Waals surface area contributed by atoms with Crippen molar-refractivity contribution in [3.05, 3.63) is 47.5 Å². The molecule has 0 saturated carbocycles. The molecule has 162 valence electrons. The minimum absolute atomic E-state index is 0.0910. The Kier molecular flexibility index (Phi) is 8.53. The third-order valence-electron chi connectivity index (χ3n) is 4.32. The van der Waals surface area contributed by atoms with Gasteiger partial charge in [-0.15, -0.1) is 0 Å². The minimum atomic E-state index is -0.316. The summed E-state index contributed by atoms with van der Waals surface area (Å²) in [5.74, 6) is 1.23. The van der Waals surface area contributed by atoms with Gasteiger partial charge in [0, 0.05) is 18.8 Å². The summed E-state index contributed by atoms with van der Waals surface area (Å²) in [6.45, 7) is 8.46. The molecule has 0 saturated heterocycles. The van der Waals surface area contributed by atoms with Crippen LogP contribution in [0.2, 0.25) is 0 Å². The topological polar surface area (TPSA) is 77.1 Å². The Morgan fingerprint density at radius 3 is 2.23 bits per heavy atom. The second-order valence-corrected chi connectivity index (χ2v) is 6.88. The Bertz CT molecular complexity index is 882. The highest BCUT2D eigenvalue weighted by molar-refractivity contribution is 5.94. The highest BCUT2D eigenvalue weighted by Gasteiger charge is 2.15. The molecule has 2 aromatic rings. The fourth-order valence-electron chi connectivity index (χ4n) is 2.84. The number of carbonyl (C=O) groups is 2. The molecule has 0 radical (unpaired) electrons. The van der Waals surface area contributed by atoms with E-state index in [0.29, 0.717) is 36.1 Å². The first-order valence-corrected chi connectivity index (χ1v) is 9.97. The van der Waals surface area contributed by atoms with Gasteiger partial charge in [0.05, 0.1) is 19.8 Å². The smallest absolute Gasteiger partial charge is 0.260 e. The van der Waals surface area contributed by atoms with E-state index in [1.165, 1.54) is 4.90 Å². The molecule has 0 spiro atoms. The van der Waals surface area contributed by atoms with E-state index in [1.54, 1.807) is 25.2 Å². The van der Waals surface area contributed by atoms with E-state index in [4.69, 9.17) is 14.2 Å². The number of benzene rings is 2. The molecule has 0 fully saturated rings. The highest BCUT2D eigenvalue weighted by atomic mass is 16.5. The Balaban J connectivity index is 1.90. The number of carbonyl (C=O) groups excluding carboxylic acids is 2. The van der Waals surface area contributed by atoms with Crippen LogP contribution in [0.25, 0.3) is 0 Å². The van der Waals surface area contributed by atoms with E-state index in [0.717, 1.165) is 11.1 Å². The Labute approximate surface area is 177 Å². The summed E-state index contributed by atoms with van der Waals surface area (Å²) in [7, 11) is 1.57. The van der Waals surface area contributed by atoms with Crippen LogP contribution in [0.4, 0.5) is 5.69 Å². The van der Waals surface area contributed by atoms with Gasteiger partial charge in [0.25, 0.3) is 5.91 Å². The summed E-state index contributed by atoms with van der Waals surface area (Å²) in [5, 5.41) is 2.78. The molecule has 7 nitrogen and oxygen atoms in total. The number of nitrogens with zero attached hydrogens (tertiary/aromatic N) is 1. The summed E-state index contributed by atoms with van der Waals surface area (Å²) < 4.78 is 16.7. The quantitative estimate of drug-likeness (QED) is 0.643. The highest BCUT2D eigenvalue weighted by Crippen LogP contribution is 2.30. The lowest BCUT2D eigenvalue weighted by atomic mass is 10.1. The molecule has 2 rings (SSSR count). The fraction of sp³-hybridized carbons (Fsp3) is 0.391. The van der Waals surface area contributed by atoms with Gasteiger partial charge in [-0.05, 0) is 51.5 Å². The first kappa shape index (κ1) is 23.1. The largest absolute Gasteiger partial charge is 0.490 e. The standard InChI is InChI=1S/C23H30N2O5/c1-6-28-20-11-9-18(13-21(20)29-7-2)24-22(26)14-25(5)23(27)15-30-19-10-8-16(3)12-17(19)4/h8-13H,6-7,14-15H2,1-5H3,(H,24,26). The summed E-state index contributed by atoms with van der Waals surface area (Å²) in [5.41, 5.74) is 2.66. The van der Waals surface area contributed by atoms with Crippen molar-refractivity contribution in [3.8, 4) is 17.2 Å². The summed E-state index contributed by atoms with van der Waals surface area (Å²) >= 11 is 0. The number of rotatable bonds is 10. The summed E-state index contributed by atoms with van der Waals surface area (Å²) in [6.07, 6.45) is 0. The van der Waals surface area contributed by atoms with Crippen LogP contribution in [0, 0.1) is 13.8 Å². The molecule has 30 heavy (non-hydrogen) atoms. The van der Waals surface area contributed by atoms with E-state index in [-0.39, 0.29) is 25.0 Å². The lowest BCUT2D eigenvalue weighted by molar-refractivity contribution is -0.135. The minimum Gasteiger partial charge on any atom is -0.490 e. The van der Waals surface area contributed by atoms with Gasteiger partial charge >= 0.3 is 0 Å². The van der Waals surface area contributed by atoms with Crippen LogP contribution in [0.5, 0.6) is 17.2 Å². The molecule has 0 aliphatic rings. The van der Waals surface area contributed by atoms with Gasteiger partial charge < -0.3 is 24.4 Å². The van der Waals surface area contributed by atoms with Gasteiger partial charge in [-0.3, -0.25) is 9.59 Å². The Morgan fingerprint density at radius 2 is 1.57 bits per heavy atom. The SMILES string of the molecule is CCOc1ccc(NC(=O)CN(C)C(=O)COc2ccc(C)cc2C)cc1OCC. The van der Waals surface area contributed by atoms with Crippen molar-refractivity contribution >= 4 is 17.5 Å². The first-order chi connectivity index (χ1) is 14.3. The van der Waals surface area contributed by atoms with Gasteiger partial charge in [0.2, 0.25) is 5.91 Å². The predicted molar refractivity (Wildman–Crippen MR) is 116 cm³/mol. The number of hydrogen-bond acceptors (Lipinski definition) is 5. The van der Waals surface area contributed by atoms with E-state index < -0.39 is 0 Å². The van der Waals surface area contributed by atoms with Crippen molar-refractivity contribution < 1.29 is 23.8 Å². The number of amides is 2. The van der Waals surface area contributed by atoms with Gasteiger partial charge in [-0.25, -0.2) is 0 Å². The van der Waals surface area contributed by atoms with Crippen LogP contribution in [0.1, 0.15) is 25.0 Å². The number of nitrogens with one attached hydrogen (secondary N) is 1. The zero-order chi connectivity index (χ0) is 22.1. The molecule has 0 aliphatic carbocycles. The molecule has 1 N–H and O–H groups in total. The molecular formula is C23H30N2O5. The lowest BCUT2D eigenvalue weighted by Gasteiger charge is -2.18. The van der Waals surface area contributed by atoms with E-state index in [9.17, 15) is 9.59 Å². The molecule has 0 aliphatic heterocycles. The molecule has 0 unspecified atom stereocenters. The molecule has 0 aromatic heterocycles. The number of hydrogen-bond donors (Lipinski definition) is 1. The molecule has 7 heteroatoms. The maximum Gasteiger partial charge on any atom is 0.260 e. The van der Waals surface area contributed by atoms with Crippen molar-refractivity contribution in [3.63, 3.8) is 0 Å². The number of ether oxygens (including phenoxy) is 3. The van der Waals surface area contributed by atoms with Crippen LogP contribution < -0.4 is 19.5 Å². The molecule has 0 atom stereocenters. The average molecular weight is 415 g/mol. The van der Waals surface area contributed by atoms with Crippen LogP contribution in [-0.2, 0) is 9.59 Å². The van der Waals surface area contributed by atoms with Gasteiger partial charge in [-0.2, -0.15) is 0 Å². The van der Waals surface area contributed by atoms with Crippen molar-refractivity contribution in [2.45, 2.75) is 27.7 Å². The van der Waals surface area contributed by atoms with Crippen LogP contribution in [0.3, 0.4) is 0 Å². The van der Waals surface area contributed by atoms with Crippen LogP contribution in [-0.4, -0.2) is 50.1 Å². The Hall–Kier alpha value is -3.22. The number of aryl methyl sites for hydroxylation is 2. The number of anilines is 1. The van der Waals surface area contributed by atoms with Crippen molar-refractivity contribution in [2.24, 2.45) is 0 Å². The maximum absolute atomic E-state index is 12.4. The van der Waals surface area contributed by atoms with Crippen molar-refractivity contribution in [2.75, 3.05) is 38.7 Å². The second kappa shape index (κ2) is 11.1. The summed E-state index contributed by atoms with van der Waals surface area (Å²) in [4.78, 5) is 26.0. The molecule has 0 heterocycles. The second-order valence-electron chi connectivity index (χ2n) is 6.88. The summed E-state index contributed by atoms with van der Waals surface area (Å²) in [6, 6.07) is 10.9. The number of likely N-dealkylation sites (N-methyl/N-ethyl adjacent to an activating group) is 1. The monoisotopic (exact) mass is 414 g/mol. The third-order valence-corrected chi connectivity index (χ3v) is 4.32. The Morgan fingerprint density at radius 1 is 0.900 bits per heavy atom. The molecule has 0 bridgehead atoms. The predicted octanol–water partition coefficient (Wildman–Crippen LogP) is 3.58. The third kappa shape index (κ3) is 6.69. The first-order valence-electron chi connectivity index (χ1n) is 9.97. The zero-order valence-corrected chi connectivity index (χ0v) is 18.3. The van der Waals surface area contributed by atoms with E-state index in [2.05, 4.69) is 5.32 Å². The van der Waals surface area contributed by atoms with Crippen LogP contribution >= 0.6 is 0 Å². The van der Waals surface area contributed by atoms with Gasteiger partial charge in [0.15, 0.2) is 18.1 Å². The maximum atomic E-state index is 12.4. The average Bonchev–Trinajstić information content (AvgIpc) is 2.69. The zero-order valence-electron chi connectivity index (χ0n) is 18.3. The van der Waals surface area contributed by atoms with Crippen molar-refractivity contribution in [1.29, 1.82) is 0 Å². The lowest BCUT2D eigenvalue weighted by Crippen LogP contribution is -2.37. The molecular weight excluding hydrogens is 384 g/mol. The molecule has 2 aromatic carbocycles. The van der Waals surface area contributed by atoms with Crippen molar-refractivity contribution in [1.82, 2.24) is 4.90 Å². The normalized spacial score (nSPS) is 10.3. The fourth-order valence-corrected chi connectivity index (χ4v) is 2.84. The van der Waals surface area contributed by atoms with Gasteiger partial charge in [0.1, 0.15) is 5.75 Å². The van der Waals surface area contributed by atoms with E-state index in [1.807, 2.05) is 45.9 Å². The van der Waals surface area contributed by atoms with E-state index >= 15 is 0 Å². The molecule has 2 amide bonds. The van der Waals surface area contributed by atoms with Gasteiger partial charge in [-0.1, -0.05) is 17.7 Å². The van der Waals surface area contributed by atoms with Crippen LogP contribution in [0.15, 0.2) is 36.4 Å².